The molecule has 5 nitrogen and oxygen atoms in total. The minimum atomic E-state index is -2.77. The van der Waals surface area contributed by atoms with Crippen LogP contribution < -0.4 is 35.3 Å². The van der Waals surface area contributed by atoms with Gasteiger partial charge >= 0.3 is 0 Å². The molecule has 2 aromatic heterocycles. The Hall–Kier alpha value is -9.23. The lowest BCUT2D eigenvalue weighted by Gasteiger charge is -2.34. The number of aromatic nitrogens is 2. The highest BCUT2D eigenvalue weighted by atomic mass is 28.3. The molecule has 0 amide bonds. The molecule has 3 heterocycles. The average Bonchev–Trinajstić information content (AvgIpc) is 1.66. The molecule has 0 aliphatic carbocycles. The van der Waals surface area contributed by atoms with Gasteiger partial charge in [0.15, 0.2) is 8.07 Å². The molecule has 84 heavy (non-hydrogen) atoms. The standard InChI is InChI=1S/C78H72N4OSi/c1-76(2,3)58-42-43-79-75(50-58)82-71-40-36-56(55-26-22-35-68(44-55)84(65-29-16-11-17-30-65,66-31-18-12-19-32-66)67-33-20-13-21-34-67)45-70(71)69-39-38-64(52-73(69)82)83-63-28-23-27-61(51-63)80-53-81(62-48-59(77(4,5)6)47-60(49-62)78(7,8)9)74-46-57(37-41-72(74)80)54-24-14-10-15-25-54/h10-52H,53H2,1-9H3. The maximum absolute atomic E-state index is 7.01. The number of anilines is 4. The van der Waals surface area contributed by atoms with E-state index >= 15 is 0 Å². The van der Waals surface area contributed by atoms with E-state index in [2.05, 4.69) is 331 Å². The number of pyridine rings is 1. The molecule has 414 valence electrons. The van der Waals surface area contributed by atoms with Crippen LogP contribution in [0.2, 0.25) is 0 Å². The third-order valence-corrected chi connectivity index (χ3v) is 21.9. The van der Waals surface area contributed by atoms with Crippen LogP contribution in [-0.2, 0) is 16.2 Å². The Bertz CT molecular complexity index is 4250. The van der Waals surface area contributed by atoms with Gasteiger partial charge in [-0.25, -0.2) is 4.98 Å². The van der Waals surface area contributed by atoms with Crippen molar-refractivity contribution in [1.29, 1.82) is 0 Å². The van der Waals surface area contributed by atoms with Gasteiger partial charge in [-0.15, -0.1) is 0 Å². The van der Waals surface area contributed by atoms with Gasteiger partial charge in [0.25, 0.3) is 0 Å². The lowest BCUT2D eigenvalue weighted by atomic mass is 9.80. The summed E-state index contributed by atoms with van der Waals surface area (Å²) in [7, 11) is -2.77. The van der Waals surface area contributed by atoms with Gasteiger partial charge in [0.05, 0.1) is 22.4 Å². The number of fused-ring (bicyclic) bond motifs is 4. The fourth-order valence-corrected chi connectivity index (χ4v) is 17.3. The third kappa shape index (κ3) is 9.98. The van der Waals surface area contributed by atoms with Gasteiger partial charge in [0.2, 0.25) is 0 Å². The molecular weight excluding hydrogens is 1040 g/mol. The summed E-state index contributed by atoms with van der Waals surface area (Å²) in [5, 5.41) is 7.67. The van der Waals surface area contributed by atoms with Crippen molar-refractivity contribution in [1.82, 2.24) is 9.55 Å². The minimum Gasteiger partial charge on any atom is -0.457 e. The van der Waals surface area contributed by atoms with E-state index in [1.807, 2.05) is 6.20 Å². The highest BCUT2D eigenvalue weighted by Crippen LogP contribution is 2.48. The summed E-state index contributed by atoms with van der Waals surface area (Å²) in [4.78, 5) is 10.0. The SMILES string of the molecule is CC(C)(C)c1cc(N2CN(c3cccc(Oc4ccc5c6cc(-c7cccc([Si](c8ccccc8)(c8ccccc8)c8ccccc8)c7)ccc6n(-c6cc(C(C)(C)C)ccn6)c5c4)c3)c3ccc(-c4ccccc4)cc32)cc(C(C)(C)C)c1. The quantitative estimate of drug-likeness (QED) is 0.0955. The zero-order valence-electron chi connectivity index (χ0n) is 49.7. The van der Waals surface area contributed by atoms with Crippen LogP contribution in [0.4, 0.5) is 22.7 Å². The van der Waals surface area contributed by atoms with Crippen LogP contribution in [0.1, 0.15) is 79.0 Å². The third-order valence-electron chi connectivity index (χ3n) is 17.1. The van der Waals surface area contributed by atoms with Gasteiger partial charge in [0.1, 0.15) is 24.0 Å². The van der Waals surface area contributed by atoms with E-state index in [1.54, 1.807) is 0 Å². The van der Waals surface area contributed by atoms with Gasteiger partial charge in [-0.2, -0.15) is 0 Å². The number of hydrogen-bond acceptors (Lipinski definition) is 4. The van der Waals surface area contributed by atoms with Crippen molar-refractivity contribution < 1.29 is 4.74 Å². The lowest BCUT2D eigenvalue weighted by Crippen LogP contribution is -2.74. The number of nitrogens with zero attached hydrogens (tertiary/aromatic N) is 4. The van der Waals surface area contributed by atoms with Crippen LogP contribution >= 0.6 is 0 Å². The number of ether oxygens (including phenoxy) is 1. The summed E-state index contributed by atoms with van der Waals surface area (Å²) in [6.07, 6.45) is 1.95. The molecule has 0 fully saturated rings. The summed E-state index contributed by atoms with van der Waals surface area (Å²) in [6.45, 7) is 21.3. The van der Waals surface area contributed by atoms with Crippen molar-refractivity contribution in [3.8, 4) is 39.6 Å². The Morgan fingerprint density at radius 3 is 1.52 bits per heavy atom. The molecule has 13 rings (SSSR count). The van der Waals surface area contributed by atoms with Gasteiger partial charge in [-0.1, -0.05) is 232 Å². The highest BCUT2D eigenvalue weighted by molar-refractivity contribution is 7.19. The first-order chi connectivity index (χ1) is 40.5. The summed E-state index contributed by atoms with van der Waals surface area (Å²) < 4.78 is 9.33. The van der Waals surface area contributed by atoms with Crippen LogP contribution in [0.15, 0.2) is 261 Å². The second-order valence-corrected chi connectivity index (χ2v) is 29.6. The first-order valence-corrected chi connectivity index (χ1v) is 31.5. The summed E-state index contributed by atoms with van der Waals surface area (Å²) in [5.41, 5.74) is 15.1. The zero-order valence-corrected chi connectivity index (χ0v) is 50.7. The Morgan fingerprint density at radius 1 is 0.357 bits per heavy atom. The van der Waals surface area contributed by atoms with E-state index in [4.69, 9.17) is 9.72 Å². The molecule has 1 aliphatic rings. The molecule has 12 aromatic rings. The van der Waals surface area contributed by atoms with Crippen molar-refractivity contribution in [3.05, 3.63) is 278 Å². The predicted molar refractivity (Wildman–Crippen MR) is 358 cm³/mol. The average molecular weight is 1110 g/mol. The maximum Gasteiger partial charge on any atom is 0.179 e. The molecule has 0 saturated carbocycles. The molecule has 0 spiro atoms. The van der Waals surface area contributed by atoms with E-state index in [-0.39, 0.29) is 16.2 Å². The molecule has 0 unspecified atom stereocenters. The highest BCUT2D eigenvalue weighted by Gasteiger charge is 2.41. The Labute approximate surface area is 497 Å². The smallest absolute Gasteiger partial charge is 0.179 e. The van der Waals surface area contributed by atoms with Crippen molar-refractivity contribution in [3.63, 3.8) is 0 Å². The van der Waals surface area contributed by atoms with Crippen LogP contribution in [0.3, 0.4) is 0 Å². The Balaban J connectivity index is 0.904. The molecule has 0 N–H and O–H groups in total. The lowest BCUT2D eigenvalue weighted by molar-refractivity contribution is 0.483. The van der Waals surface area contributed by atoms with E-state index in [9.17, 15) is 0 Å². The van der Waals surface area contributed by atoms with Crippen molar-refractivity contribution >= 4 is 73.4 Å². The van der Waals surface area contributed by atoms with Crippen molar-refractivity contribution in [2.75, 3.05) is 16.5 Å². The van der Waals surface area contributed by atoms with Gasteiger partial charge < -0.3 is 14.5 Å². The van der Waals surface area contributed by atoms with E-state index in [1.165, 1.54) is 65.5 Å². The Kier molecular flexibility index (Phi) is 13.6. The van der Waals surface area contributed by atoms with E-state index in [0.29, 0.717) is 6.67 Å². The van der Waals surface area contributed by atoms with Crippen molar-refractivity contribution in [2.24, 2.45) is 0 Å². The van der Waals surface area contributed by atoms with Crippen LogP contribution in [0.5, 0.6) is 11.5 Å². The largest absolute Gasteiger partial charge is 0.457 e. The molecular formula is C78H72N4OSi. The van der Waals surface area contributed by atoms with E-state index in [0.717, 1.165) is 56.1 Å². The van der Waals surface area contributed by atoms with Crippen LogP contribution in [0, 0.1) is 0 Å². The summed E-state index contributed by atoms with van der Waals surface area (Å²) >= 11 is 0. The molecule has 10 aromatic carbocycles. The van der Waals surface area contributed by atoms with Crippen LogP contribution in [-0.4, -0.2) is 24.3 Å². The van der Waals surface area contributed by atoms with Crippen LogP contribution in [0.25, 0.3) is 49.9 Å². The monoisotopic (exact) mass is 1110 g/mol. The fourth-order valence-electron chi connectivity index (χ4n) is 12.5. The first-order valence-electron chi connectivity index (χ1n) is 29.5. The van der Waals surface area contributed by atoms with Crippen molar-refractivity contribution in [2.45, 2.75) is 78.6 Å². The topological polar surface area (TPSA) is 33.5 Å². The number of hydrogen-bond donors (Lipinski definition) is 0. The van der Waals surface area contributed by atoms with Gasteiger partial charge in [0, 0.05) is 40.5 Å². The number of rotatable bonds is 11. The zero-order chi connectivity index (χ0) is 58.0. The molecule has 0 atom stereocenters. The molecule has 6 heteroatoms. The Morgan fingerprint density at radius 2 is 0.893 bits per heavy atom. The van der Waals surface area contributed by atoms with Gasteiger partial charge in [-0.05, 0) is 149 Å². The fraction of sp³-hybridized carbons (Fsp3) is 0.167. The minimum absolute atomic E-state index is 0.0275. The first kappa shape index (κ1) is 54.0. The molecule has 0 radical (unpaired) electrons. The second-order valence-electron chi connectivity index (χ2n) is 25.8. The second kappa shape index (κ2) is 21.2. The predicted octanol–water partition coefficient (Wildman–Crippen LogP) is 17.8. The number of benzene rings is 10. The summed E-state index contributed by atoms with van der Waals surface area (Å²) in [6, 6.07) is 94.1. The molecule has 1 aliphatic heterocycles. The summed E-state index contributed by atoms with van der Waals surface area (Å²) in [5.74, 6) is 2.38. The molecule has 0 saturated heterocycles. The van der Waals surface area contributed by atoms with E-state index < -0.39 is 8.07 Å². The van der Waals surface area contributed by atoms with Gasteiger partial charge in [-0.3, -0.25) is 4.57 Å². The normalized spacial score (nSPS) is 13.0. The molecule has 0 bridgehead atoms. The maximum atomic E-state index is 7.01.